The van der Waals surface area contributed by atoms with Crippen molar-refractivity contribution >= 4 is 0 Å². The molecule has 15 heavy (non-hydrogen) atoms. The molecular weight excluding hydrogens is 190 g/mol. The molecule has 3 nitrogen and oxygen atoms in total. The zero-order valence-electron chi connectivity index (χ0n) is 10.3. The molecule has 0 spiro atoms. The van der Waals surface area contributed by atoms with E-state index in [-0.39, 0.29) is 6.10 Å². The summed E-state index contributed by atoms with van der Waals surface area (Å²) in [4.78, 5) is 2.38. The molecule has 1 saturated carbocycles. The van der Waals surface area contributed by atoms with Gasteiger partial charge in [-0.25, -0.2) is 0 Å². The maximum Gasteiger partial charge on any atom is 0.0695 e. The first-order valence-corrected chi connectivity index (χ1v) is 6.09. The molecule has 0 saturated heterocycles. The number of aliphatic hydroxyl groups is 1. The monoisotopic (exact) mass is 215 g/mol. The average Bonchev–Trinajstić information content (AvgIpc) is 2.20. The van der Waals surface area contributed by atoms with Gasteiger partial charge in [0, 0.05) is 25.7 Å². The minimum Gasteiger partial charge on any atom is -0.391 e. The normalized spacial score (nSPS) is 27.6. The Morgan fingerprint density at radius 1 is 1.33 bits per heavy atom. The Kier molecular flexibility index (Phi) is 5.58. The van der Waals surface area contributed by atoms with Gasteiger partial charge >= 0.3 is 0 Å². The third kappa shape index (κ3) is 3.74. The lowest BCUT2D eigenvalue weighted by atomic mass is 9.90. The fourth-order valence-electron chi connectivity index (χ4n) is 2.48. The van der Waals surface area contributed by atoms with Gasteiger partial charge in [0.15, 0.2) is 0 Å². The van der Waals surface area contributed by atoms with E-state index in [9.17, 15) is 5.11 Å². The Labute approximate surface area is 93.4 Å². The fourth-order valence-corrected chi connectivity index (χ4v) is 2.48. The van der Waals surface area contributed by atoms with Crippen molar-refractivity contribution in [3.8, 4) is 0 Å². The predicted octanol–water partition coefficient (Wildman–Crippen LogP) is 1.65. The van der Waals surface area contributed by atoms with Crippen LogP contribution < -0.4 is 0 Å². The second-order valence-corrected chi connectivity index (χ2v) is 4.74. The van der Waals surface area contributed by atoms with Crippen LogP contribution in [0.5, 0.6) is 0 Å². The van der Waals surface area contributed by atoms with Crippen LogP contribution in [-0.2, 0) is 4.74 Å². The van der Waals surface area contributed by atoms with Crippen molar-refractivity contribution in [1.82, 2.24) is 4.90 Å². The van der Waals surface area contributed by atoms with E-state index in [0.717, 1.165) is 26.0 Å². The van der Waals surface area contributed by atoms with Gasteiger partial charge in [0.2, 0.25) is 0 Å². The van der Waals surface area contributed by atoms with Crippen LogP contribution in [0.25, 0.3) is 0 Å². The summed E-state index contributed by atoms with van der Waals surface area (Å²) < 4.78 is 5.13. The molecule has 0 aromatic carbocycles. The van der Waals surface area contributed by atoms with Gasteiger partial charge in [-0.2, -0.15) is 0 Å². The van der Waals surface area contributed by atoms with Crippen LogP contribution in [0.15, 0.2) is 0 Å². The van der Waals surface area contributed by atoms with E-state index in [4.69, 9.17) is 4.74 Å². The highest BCUT2D eigenvalue weighted by atomic mass is 16.5. The number of ether oxygens (including phenoxy) is 1. The molecule has 0 aliphatic heterocycles. The predicted molar refractivity (Wildman–Crippen MR) is 62.0 cm³/mol. The van der Waals surface area contributed by atoms with Crippen LogP contribution in [0.4, 0.5) is 0 Å². The molecule has 1 aliphatic carbocycles. The van der Waals surface area contributed by atoms with E-state index < -0.39 is 0 Å². The molecule has 90 valence electrons. The molecule has 0 aromatic rings. The van der Waals surface area contributed by atoms with Crippen LogP contribution >= 0.6 is 0 Å². The second-order valence-electron chi connectivity index (χ2n) is 4.74. The van der Waals surface area contributed by atoms with E-state index >= 15 is 0 Å². The van der Waals surface area contributed by atoms with E-state index in [1.807, 2.05) is 0 Å². The lowest BCUT2D eigenvalue weighted by Crippen LogP contribution is -2.49. The second kappa shape index (κ2) is 6.46. The van der Waals surface area contributed by atoms with Crippen molar-refractivity contribution in [2.24, 2.45) is 0 Å². The van der Waals surface area contributed by atoms with Crippen LogP contribution in [0.2, 0.25) is 0 Å². The molecule has 0 heterocycles. The zero-order valence-corrected chi connectivity index (χ0v) is 10.3. The van der Waals surface area contributed by atoms with Crippen LogP contribution in [0, 0.1) is 0 Å². The summed E-state index contributed by atoms with van der Waals surface area (Å²) in [5, 5.41) is 10.0. The molecule has 1 aliphatic rings. The fraction of sp³-hybridized carbons (Fsp3) is 1.00. The smallest absolute Gasteiger partial charge is 0.0695 e. The zero-order chi connectivity index (χ0) is 11.3. The summed E-state index contributed by atoms with van der Waals surface area (Å²) in [6.07, 6.45) is 4.37. The minimum absolute atomic E-state index is 0.141. The molecule has 1 fully saturated rings. The molecule has 0 aromatic heterocycles. The minimum atomic E-state index is -0.141. The number of aliphatic hydroxyl groups excluding tert-OH is 1. The van der Waals surface area contributed by atoms with Crippen molar-refractivity contribution in [1.29, 1.82) is 0 Å². The summed E-state index contributed by atoms with van der Waals surface area (Å²) in [5.41, 5.74) is 0. The van der Waals surface area contributed by atoms with Crippen molar-refractivity contribution in [3.05, 3.63) is 0 Å². The Morgan fingerprint density at radius 3 is 2.53 bits per heavy atom. The molecular formula is C12H25NO2. The molecule has 1 rings (SSSR count). The molecule has 3 heteroatoms. The SMILES string of the molecule is COCCN(C(C)C)C1CCCCC1O. The van der Waals surface area contributed by atoms with E-state index in [0.29, 0.717) is 12.1 Å². The number of nitrogens with zero attached hydrogens (tertiary/aromatic N) is 1. The topological polar surface area (TPSA) is 32.7 Å². The highest BCUT2D eigenvalue weighted by Crippen LogP contribution is 2.24. The molecule has 0 amide bonds. The molecule has 0 bridgehead atoms. The van der Waals surface area contributed by atoms with Gasteiger partial charge in [-0.1, -0.05) is 12.8 Å². The van der Waals surface area contributed by atoms with Crippen molar-refractivity contribution in [2.45, 2.75) is 57.7 Å². The van der Waals surface area contributed by atoms with Gasteiger partial charge in [0.25, 0.3) is 0 Å². The van der Waals surface area contributed by atoms with Crippen molar-refractivity contribution < 1.29 is 9.84 Å². The van der Waals surface area contributed by atoms with Gasteiger partial charge in [-0.15, -0.1) is 0 Å². The summed E-state index contributed by atoms with van der Waals surface area (Å²) in [6, 6.07) is 0.826. The largest absolute Gasteiger partial charge is 0.391 e. The lowest BCUT2D eigenvalue weighted by Gasteiger charge is -2.40. The van der Waals surface area contributed by atoms with Crippen LogP contribution in [0.1, 0.15) is 39.5 Å². The average molecular weight is 215 g/mol. The number of rotatable bonds is 5. The van der Waals surface area contributed by atoms with Gasteiger partial charge in [-0.3, -0.25) is 4.90 Å². The maximum atomic E-state index is 10.0. The van der Waals surface area contributed by atoms with Gasteiger partial charge in [-0.05, 0) is 26.7 Å². The first-order valence-electron chi connectivity index (χ1n) is 6.09. The van der Waals surface area contributed by atoms with Crippen LogP contribution in [0.3, 0.4) is 0 Å². The quantitative estimate of drug-likeness (QED) is 0.757. The summed E-state index contributed by atoms with van der Waals surface area (Å²) in [7, 11) is 1.73. The van der Waals surface area contributed by atoms with Gasteiger partial charge < -0.3 is 9.84 Å². The van der Waals surface area contributed by atoms with Crippen LogP contribution in [-0.4, -0.2) is 48.5 Å². The van der Waals surface area contributed by atoms with E-state index in [2.05, 4.69) is 18.7 Å². The summed E-state index contributed by atoms with van der Waals surface area (Å²) >= 11 is 0. The molecule has 0 radical (unpaired) electrons. The highest BCUT2D eigenvalue weighted by molar-refractivity contribution is 4.84. The van der Waals surface area contributed by atoms with E-state index in [1.165, 1.54) is 12.8 Å². The summed E-state index contributed by atoms with van der Waals surface area (Å²) in [5.74, 6) is 0. The Morgan fingerprint density at radius 2 is 2.00 bits per heavy atom. The Hall–Kier alpha value is -0.120. The third-order valence-electron chi connectivity index (χ3n) is 3.34. The Bertz CT molecular complexity index is 173. The standard InChI is InChI=1S/C12H25NO2/c1-10(2)13(8-9-15-3)11-6-4-5-7-12(11)14/h10-12,14H,4-9H2,1-3H3. The molecule has 2 unspecified atom stereocenters. The van der Waals surface area contributed by atoms with Crippen molar-refractivity contribution in [2.75, 3.05) is 20.3 Å². The maximum absolute atomic E-state index is 10.0. The highest BCUT2D eigenvalue weighted by Gasteiger charge is 2.29. The van der Waals surface area contributed by atoms with Gasteiger partial charge in [0.05, 0.1) is 12.7 Å². The first kappa shape index (κ1) is 12.9. The Balaban J connectivity index is 2.52. The molecule has 1 N–H and O–H groups in total. The third-order valence-corrected chi connectivity index (χ3v) is 3.34. The van der Waals surface area contributed by atoms with Crippen molar-refractivity contribution in [3.63, 3.8) is 0 Å². The number of methoxy groups -OCH3 is 1. The number of hydrogen-bond acceptors (Lipinski definition) is 3. The summed E-state index contributed by atoms with van der Waals surface area (Å²) in [6.45, 7) is 6.06. The van der Waals surface area contributed by atoms with E-state index in [1.54, 1.807) is 7.11 Å². The molecule has 2 atom stereocenters. The number of hydrogen-bond donors (Lipinski definition) is 1. The first-order chi connectivity index (χ1) is 7.16. The lowest BCUT2D eigenvalue weighted by molar-refractivity contribution is -0.00581. The van der Waals surface area contributed by atoms with Gasteiger partial charge in [0.1, 0.15) is 0 Å².